The lowest BCUT2D eigenvalue weighted by molar-refractivity contribution is -0.135. The molecule has 1 fully saturated rings. The molecular formula is C13H21N5O3. The summed E-state index contributed by atoms with van der Waals surface area (Å²) in [6.07, 6.45) is 4.14. The molecule has 1 aliphatic heterocycles. The summed E-state index contributed by atoms with van der Waals surface area (Å²) in [4.78, 5) is 26.0. The second-order valence-electron chi connectivity index (χ2n) is 5.03. The Balaban J connectivity index is 2.05. The number of hydrogen-bond acceptors (Lipinski definition) is 6. The van der Waals surface area contributed by atoms with Crippen molar-refractivity contribution in [3.8, 4) is 0 Å². The number of esters is 1. The lowest BCUT2D eigenvalue weighted by atomic mass is 10.00. The van der Waals surface area contributed by atoms with Crippen LogP contribution in [0.5, 0.6) is 0 Å². The summed E-state index contributed by atoms with van der Waals surface area (Å²) in [6.45, 7) is 4.75. The second kappa shape index (κ2) is 7.14. The standard InChI is InChI=1S/C13H21N5O3/c1-3-10-7-5-6-8-17(10)11(19)9-18-12(14-15-16-18)13(20)21-4-2/h10H,3-9H2,1-2H3. The van der Waals surface area contributed by atoms with Gasteiger partial charge in [0.05, 0.1) is 6.61 Å². The first-order valence-corrected chi connectivity index (χ1v) is 7.40. The van der Waals surface area contributed by atoms with Crippen molar-refractivity contribution in [1.29, 1.82) is 0 Å². The highest BCUT2D eigenvalue weighted by molar-refractivity contribution is 5.86. The summed E-state index contributed by atoms with van der Waals surface area (Å²) in [5, 5.41) is 10.8. The molecule has 1 atom stereocenters. The molecule has 0 aromatic carbocycles. The quantitative estimate of drug-likeness (QED) is 0.740. The molecule has 0 N–H and O–H groups in total. The van der Waals surface area contributed by atoms with Gasteiger partial charge in [-0.05, 0) is 43.0 Å². The Labute approximate surface area is 123 Å². The van der Waals surface area contributed by atoms with Gasteiger partial charge in [-0.2, -0.15) is 0 Å². The SMILES string of the molecule is CCOC(=O)c1nnnn1CC(=O)N1CCCCC1CC. The third-order valence-electron chi connectivity index (χ3n) is 3.69. The van der Waals surface area contributed by atoms with Crippen LogP contribution < -0.4 is 0 Å². The molecule has 0 bridgehead atoms. The summed E-state index contributed by atoms with van der Waals surface area (Å²) in [5.74, 6) is -0.698. The molecule has 116 valence electrons. The summed E-state index contributed by atoms with van der Waals surface area (Å²) in [7, 11) is 0. The van der Waals surface area contributed by atoms with Crippen LogP contribution in [0.2, 0.25) is 0 Å². The third-order valence-corrected chi connectivity index (χ3v) is 3.69. The number of rotatable bonds is 5. The second-order valence-corrected chi connectivity index (χ2v) is 5.03. The Morgan fingerprint density at radius 1 is 1.33 bits per heavy atom. The maximum Gasteiger partial charge on any atom is 0.378 e. The largest absolute Gasteiger partial charge is 0.460 e. The number of amides is 1. The molecule has 21 heavy (non-hydrogen) atoms. The van der Waals surface area contributed by atoms with E-state index in [1.54, 1.807) is 6.92 Å². The molecule has 1 aromatic heterocycles. The van der Waals surface area contributed by atoms with Crippen molar-refractivity contribution in [2.45, 2.75) is 52.1 Å². The van der Waals surface area contributed by atoms with Crippen LogP contribution >= 0.6 is 0 Å². The summed E-state index contributed by atoms with van der Waals surface area (Å²) in [5.41, 5.74) is 0. The summed E-state index contributed by atoms with van der Waals surface area (Å²) < 4.78 is 6.08. The van der Waals surface area contributed by atoms with Gasteiger partial charge >= 0.3 is 5.97 Å². The van der Waals surface area contributed by atoms with Gasteiger partial charge in [-0.15, -0.1) is 5.10 Å². The molecule has 1 saturated heterocycles. The van der Waals surface area contributed by atoms with E-state index in [0.717, 1.165) is 32.2 Å². The first-order chi connectivity index (χ1) is 10.2. The van der Waals surface area contributed by atoms with Gasteiger partial charge in [0.15, 0.2) is 0 Å². The third kappa shape index (κ3) is 3.56. The van der Waals surface area contributed by atoms with Crippen molar-refractivity contribution in [2.75, 3.05) is 13.2 Å². The Bertz CT molecular complexity index is 502. The topological polar surface area (TPSA) is 90.2 Å². The first-order valence-electron chi connectivity index (χ1n) is 7.40. The fourth-order valence-corrected chi connectivity index (χ4v) is 2.63. The molecule has 0 spiro atoms. The highest BCUT2D eigenvalue weighted by Gasteiger charge is 2.27. The summed E-state index contributed by atoms with van der Waals surface area (Å²) in [6, 6.07) is 0.272. The van der Waals surface area contributed by atoms with Crippen LogP contribution in [0, 0.1) is 0 Å². The van der Waals surface area contributed by atoms with E-state index in [1.807, 2.05) is 4.90 Å². The van der Waals surface area contributed by atoms with Crippen molar-refractivity contribution >= 4 is 11.9 Å². The normalized spacial score (nSPS) is 18.6. The Hall–Kier alpha value is -1.99. The number of nitrogens with zero attached hydrogens (tertiary/aromatic N) is 5. The molecule has 8 nitrogen and oxygen atoms in total. The fraction of sp³-hybridized carbons (Fsp3) is 0.769. The fourth-order valence-electron chi connectivity index (χ4n) is 2.63. The van der Waals surface area contributed by atoms with Crippen molar-refractivity contribution in [2.24, 2.45) is 0 Å². The van der Waals surface area contributed by atoms with Crippen molar-refractivity contribution < 1.29 is 14.3 Å². The molecule has 1 aliphatic rings. The molecule has 1 amide bonds. The first kappa shape index (κ1) is 15.4. The zero-order chi connectivity index (χ0) is 15.2. The van der Waals surface area contributed by atoms with Crippen LogP contribution in [-0.2, 0) is 16.1 Å². The van der Waals surface area contributed by atoms with Crippen LogP contribution in [0.25, 0.3) is 0 Å². The van der Waals surface area contributed by atoms with Crippen LogP contribution in [0.3, 0.4) is 0 Å². The van der Waals surface area contributed by atoms with E-state index in [0.29, 0.717) is 0 Å². The number of tetrazole rings is 1. The van der Waals surface area contributed by atoms with E-state index in [1.165, 1.54) is 4.68 Å². The predicted octanol–water partition coefficient (Wildman–Crippen LogP) is 0.641. The minimum atomic E-state index is -0.610. The molecule has 0 aliphatic carbocycles. The van der Waals surface area contributed by atoms with Gasteiger partial charge in [-0.1, -0.05) is 6.92 Å². The minimum Gasteiger partial charge on any atom is -0.460 e. The molecule has 1 unspecified atom stereocenters. The number of aromatic nitrogens is 4. The highest BCUT2D eigenvalue weighted by Crippen LogP contribution is 2.19. The zero-order valence-corrected chi connectivity index (χ0v) is 12.5. The lowest BCUT2D eigenvalue weighted by Gasteiger charge is -2.35. The predicted molar refractivity (Wildman–Crippen MR) is 73.4 cm³/mol. The van der Waals surface area contributed by atoms with Crippen molar-refractivity contribution in [3.63, 3.8) is 0 Å². The maximum atomic E-state index is 12.4. The average molecular weight is 295 g/mol. The van der Waals surface area contributed by atoms with E-state index in [9.17, 15) is 9.59 Å². The van der Waals surface area contributed by atoms with Gasteiger partial charge in [0.1, 0.15) is 6.54 Å². The van der Waals surface area contributed by atoms with Crippen molar-refractivity contribution in [1.82, 2.24) is 25.1 Å². The lowest BCUT2D eigenvalue weighted by Crippen LogP contribution is -2.45. The number of piperidine rings is 1. The zero-order valence-electron chi connectivity index (χ0n) is 12.5. The number of ether oxygens (including phenoxy) is 1. The maximum absolute atomic E-state index is 12.4. The molecule has 8 heteroatoms. The van der Waals surface area contributed by atoms with Gasteiger partial charge in [0, 0.05) is 12.6 Å². The smallest absolute Gasteiger partial charge is 0.378 e. The van der Waals surface area contributed by atoms with E-state index < -0.39 is 5.97 Å². The Morgan fingerprint density at radius 2 is 2.14 bits per heavy atom. The van der Waals surface area contributed by atoms with Gasteiger partial charge in [0.25, 0.3) is 5.82 Å². The van der Waals surface area contributed by atoms with Crippen LogP contribution in [0.15, 0.2) is 0 Å². The highest BCUT2D eigenvalue weighted by atomic mass is 16.5. The molecule has 0 radical (unpaired) electrons. The van der Waals surface area contributed by atoms with E-state index in [2.05, 4.69) is 22.4 Å². The van der Waals surface area contributed by atoms with Crippen LogP contribution in [0.4, 0.5) is 0 Å². The van der Waals surface area contributed by atoms with Gasteiger partial charge < -0.3 is 9.64 Å². The molecule has 1 aromatic rings. The Kier molecular flexibility index (Phi) is 5.24. The number of carbonyl (C=O) groups excluding carboxylic acids is 2. The number of carbonyl (C=O) groups is 2. The molecular weight excluding hydrogens is 274 g/mol. The molecule has 0 saturated carbocycles. The molecule has 2 heterocycles. The molecule has 2 rings (SSSR count). The van der Waals surface area contributed by atoms with Gasteiger partial charge in [-0.25, -0.2) is 9.48 Å². The van der Waals surface area contributed by atoms with Crippen molar-refractivity contribution in [3.05, 3.63) is 5.82 Å². The minimum absolute atomic E-state index is 0.0301. The monoisotopic (exact) mass is 295 g/mol. The van der Waals surface area contributed by atoms with E-state index in [4.69, 9.17) is 4.74 Å². The summed E-state index contributed by atoms with van der Waals surface area (Å²) >= 11 is 0. The number of hydrogen-bond donors (Lipinski definition) is 0. The number of likely N-dealkylation sites (tertiary alicyclic amines) is 1. The Morgan fingerprint density at radius 3 is 2.86 bits per heavy atom. The van der Waals surface area contributed by atoms with Gasteiger partial charge in [-0.3, -0.25) is 4.79 Å². The van der Waals surface area contributed by atoms with Crippen LogP contribution in [0.1, 0.15) is 50.1 Å². The average Bonchev–Trinajstić information content (AvgIpc) is 2.95. The van der Waals surface area contributed by atoms with Gasteiger partial charge in [0.2, 0.25) is 5.91 Å². The van der Waals surface area contributed by atoms with E-state index >= 15 is 0 Å². The van der Waals surface area contributed by atoms with E-state index in [-0.39, 0.29) is 30.9 Å². The van der Waals surface area contributed by atoms with Crippen LogP contribution in [-0.4, -0.2) is 56.2 Å².